The Morgan fingerprint density at radius 3 is 2.81 bits per heavy atom. The number of aryl methyl sites for hydroxylation is 1. The molecule has 0 aliphatic carbocycles. The fourth-order valence-electron chi connectivity index (χ4n) is 1.86. The Balaban J connectivity index is 1.87. The molecule has 2 heterocycles. The normalized spacial score (nSPS) is 10.6. The molecule has 106 valence electrons. The first kappa shape index (κ1) is 14.3. The number of benzene rings is 1. The Kier molecular flexibility index (Phi) is 4.07. The fourth-order valence-corrected chi connectivity index (χ4v) is 3.26. The second-order valence-electron chi connectivity index (χ2n) is 4.34. The van der Waals surface area contributed by atoms with Crippen molar-refractivity contribution in [3.05, 3.63) is 56.8 Å². The molecular weight excluding hydrogens is 399 g/mol. The molecule has 0 bridgehead atoms. The van der Waals surface area contributed by atoms with Crippen LogP contribution in [0.15, 0.2) is 47.1 Å². The molecule has 6 heteroatoms. The van der Waals surface area contributed by atoms with Crippen LogP contribution in [0.2, 0.25) is 0 Å². The Bertz CT molecular complexity index is 781. The zero-order chi connectivity index (χ0) is 14.8. The number of aromatic nitrogens is 1. The molecule has 4 nitrogen and oxygen atoms in total. The number of halogens is 1. The van der Waals surface area contributed by atoms with Crippen LogP contribution >= 0.6 is 33.9 Å². The van der Waals surface area contributed by atoms with E-state index in [0.717, 1.165) is 14.1 Å². The van der Waals surface area contributed by atoms with Crippen molar-refractivity contribution in [2.45, 2.75) is 6.92 Å². The van der Waals surface area contributed by atoms with E-state index in [9.17, 15) is 4.79 Å². The van der Waals surface area contributed by atoms with E-state index in [1.54, 1.807) is 12.3 Å². The molecule has 0 aliphatic heterocycles. The van der Waals surface area contributed by atoms with Gasteiger partial charge in [0.05, 0.1) is 12.0 Å². The maximum atomic E-state index is 12.4. The van der Waals surface area contributed by atoms with Crippen molar-refractivity contribution in [1.29, 1.82) is 0 Å². The van der Waals surface area contributed by atoms with E-state index in [0.29, 0.717) is 16.5 Å². The van der Waals surface area contributed by atoms with Crippen molar-refractivity contribution >= 4 is 45.5 Å². The smallest absolute Gasteiger partial charge is 0.275 e. The lowest BCUT2D eigenvalue weighted by molar-refractivity contribution is 0.102. The van der Waals surface area contributed by atoms with Gasteiger partial charge in [0.2, 0.25) is 0 Å². The first-order valence-corrected chi connectivity index (χ1v) is 8.12. The maximum Gasteiger partial charge on any atom is 0.275 e. The fraction of sp³-hybridized carbons (Fsp3) is 0.0667. The molecule has 0 atom stereocenters. The van der Waals surface area contributed by atoms with Crippen LogP contribution in [0.3, 0.4) is 0 Å². The predicted molar refractivity (Wildman–Crippen MR) is 91.7 cm³/mol. The summed E-state index contributed by atoms with van der Waals surface area (Å²) >= 11 is 3.64. The molecule has 21 heavy (non-hydrogen) atoms. The molecule has 0 aliphatic rings. The zero-order valence-electron chi connectivity index (χ0n) is 11.1. The molecule has 0 radical (unpaired) electrons. The minimum absolute atomic E-state index is 0.203. The van der Waals surface area contributed by atoms with Gasteiger partial charge in [0, 0.05) is 8.45 Å². The van der Waals surface area contributed by atoms with Gasteiger partial charge in [0.25, 0.3) is 5.91 Å². The summed E-state index contributed by atoms with van der Waals surface area (Å²) in [6.45, 7) is 1.88. The summed E-state index contributed by atoms with van der Waals surface area (Å²) in [5.74, 6) is 0.474. The molecule has 3 aromatic rings. The van der Waals surface area contributed by atoms with Crippen molar-refractivity contribution in [2.24, 2.45) is 0 Å². The largest absolute Gasteiger partial charge is 0.462 e. The van der Waals surface area contributed by atoms with Gasteiger partial charge < -0.3 is 9.73 Å². The first-order chi connectivity index (χ1) is 10.1. The lowest BCUT2D eigenvalue weighted by Crippen LogP contribution is -2.14. The van der Waals surface area contributed by atoms with Gasteiger partial charge in [-0.1, -0.05) is 12.1 Å². The van der Waals surface area contributed by atoms with Gasteiger partial charge in [-0.25, -0.2) is 4.98 Å². The highest BCUT2D eigenvalue weighted by Crippen LogP contribution is 2.28. The number of rotatable bonds is 3. The molecule has 3 rings (SSSR count). The van der Waals surface area contributed by atoms with E-state index in [1.165, 1.54) is 11.3 Å². The number of para-hydroxylation sites is 1. The summed E-state index contributed by atoms with van der Waals surface area (Å²) in [7, 11) is 0. The number of nitrogens with zero attached hydrogens (tertiary/aromatic N) is 1. The molecule has 1 amide bonds. The van der Waals surface area contributed by atoms with Crippen molar-refractivity contribution in [2.75, 3.05) is 5.32 Å². The number of nitrogens with one attached hydrogen (secondary N) is 1. The zero-order valence-corrected chi connectivity index (χ0v) is 14.1. The molecule has 0 saturated carbocycles. The number of hydrogen-bond donors (Lipinski definition) is 1. The maximum absolute atomic E-state index is 12.4. The number of anilines is 1. The van der Waals surface area contributed by atoms with E-state index >= 15 is 0 Å². The number of carbonyl (C=O) groups is 1. The number of carbonyl (C=O) groups excluding carboxylic acids is 1. The van der Waals surface area contributed by atoms with E-state index in [4.69, 9.17) is 4.42 Å². The molecule has 1 N–H and O–H groups in total. The van der Waals surface area contributed by atoms with Crippen molar-refractivity contribution in [3.63, 3.8) is 0 Å². The Labute approximate surface area is 139 Å². The number of furan rings is 1. The second-order valence-corrected chi connectivity index (χ2v) is 6.70. The monoisotopic (exact) mass is 410 g/mol. The van der Waals surface area contributed by atoms with Crippen LogP contribution in [0.25, 0.3) is 10.8 Å². The summed E-state index contributed by atoms with van der Waals surface area (Å²) in [5, 5.41) is 3.61. The summed E-state index contributed by atoms with van der Waals surface area (Å²) in [5.41, 5.74) is 1.22. The van der Waals surface area contributed by atoms with Crippen molar-refractivity contribution in [3.8, 4) is 10.8 Å². The highest BCUT2D eigenvalue weighted by Gasteiger charge is 2.18. The quantitative estimate of drug-likeness (QED) is 0.644. The summed E-state index contributed by atoms with van der Waals surface area (Å²) in [6, 6.07) is 11.3. The Morgan fingerprint density at radius 2 is 2.10 bits per heavy atom. The highest BCUT2D eigenvalue weighted by molar-refractivity contribution is 14.1. The van der Waals surface area contributed by atoms with Gasteiger partial charge >= 0.3 is 0 Å². The number of hydrogen-bond acceptors (Lipinski definition) is 4. The Morgan fingerprint density at radius 1 is 1.29 bits per heavy atom. The summed E-state index contributed by atoms with van der Waals surface area (Å²) in [6.07, 6.45) is 1.60. The second kappa shape index (κ2) is 5.98. The van der Waals surface area contributed by atoms with E-state index in [1.807, 2.05) is 37.3 Å². The molecule has 1 aromatic carbocycles. The standard InChI is InChI=1S/C15H11IN2O2S/c1-9-13(18-15(21-9)12-7-4-8-20-12)14(19)17-11-6-3-2-5-10(11)16/h2-8H,1H3,(H,17,19). The molecule has 0 fully saturated rings. The van der Waals surface area contributed by atoms with Gasteiger partial charge in [0.1, 0.15) is 5.69 Å². The minimum Gasteiger partial charge on any atom is -0.462 e. The summed E-state index contributed by atoms with van der Waals surface area (Å²) in [4.78, 5) is 17.6. The van der Waals surface area contributed by atoms with Crippen LogP contribution in [0, 0.1) is 10.5 Å². The molecule has 0 spiro atoms. The number of amides is 1. The van der Waals surface area contributed by atoms with Crippen molar-refractivity contribution < 1.29 is 9.21 Å². The third kappa shape index (κ3) is 3.01. The average molecular weight is 410 g/mol. The van der Waals surface area contributed by atoms with Crippen LogP contribution in [0.1, 0.15) is 15.4 Å². The average Bonchev–Trinajstić information content (AvgIpc) is 3.10. The van der Waals surface area contributed by atoms with Gasteiger partial charge in [0.15, 0.2) is 10.8 Å². The lowest BCUT2D eigenvalue weighted by atomic mass is 10.3. The lowest BCUT2D eigenvalue weighted by Gasteiger charge is -2.05. The van der Waals surface area contributed by atoms with E-state index < -0.39 is 0 Å². The third-order valence-electron chi connectivity index (χ3n) is 2.87. The van der Waals surface area contributed by atoms with Gasteiger partial charge in [-0.05, 0) is 53.8 Å². The van der Waals surface area contributed by atoms with Crippen LogP contribution in [0.5, 0.6) is 0 Å². The van der Waals surface area contributed by atoms with Crippen molar-refractivity contribution in [1.82, 2.24) is 4.98 Å². The van der Waals surface area contributed by atoms with Gasteiger partial charge in [-0.2, -0.15) is 0 Å². The topological polar surface area (TPSA) is 55.1 Å². The molecule has 0 saturated heterocycles. The van der Waals surface area contributed by atoms with Crippen LogP contribution < -0.4 is 5.32 Å². The van der Waals surface area contributed by atoms with E-state index in [-0.39, 0.29) is 5.91 Å². The minimum atomic E-state index is -0.203. The SMILES string of the molecule is Cc1sc(-c2ccco2)nc1C(=O)Nc1ccccc1I. The van der Waals surface area contributed by atoms with E-state index in [2.05, 4.69) is 32.9 Å². The van der Waals surface area contributed by atoms with Crippen LogP contribution in [-0.2, 0) is 0 Å². The third-order valence-corrected chi connectivity index (χ3v) is 4.79. The molecule has 2 aromatic heterocycles. The Hall–Kier alpha value is -1.67. The number of thiazole rings is 1. The van der Waals surface area contributed by atoms with Gasteiger partial charge in [-0.15, -0.1) is 11.3 Å². The first-order valence-electron chi connectivity index (χ1n) is 6.22. The van der Waals surface area contributed by atoms with Gasteiger partial charge in [-0.3, -0.25) is 4.79 Å². The van der Waals surface area contributed by atoms with Crippen LogP contribution in [0.4, 0.5) is 5.69 Å². The molecular formula is C15H11IN2O2S. The van der Waals surface area contributed by atoms with Crippen LogP contribution in [-0.4, -0.2) is 10.9 Å². The summed E-state index contributed by atoms with van der Waals surface area (Å²) < 4.78 is 6.31. The predicted octanol–water partition coefficient (Wildman–Crippen LogP) is 4.57. The molecule has 0 unspecified atom stereocenters. The highest BCUT2D eigenvalue weighted by atomic mass is 127.